The minimum absolute atomic E-state index is 0.147. The predicted molar refractivity (Wildman–Crippen MR) is 130 cm³/mol. The standard InChI is InChI=1S/C27H29N3O3/c1-19-9-4-7-12-25(19)33-18-8-17-30-24-11-6-5-10-23(24)29-26(30)20(2)28-27(31)21-13-15-22(32-3)16-14-21/h4-7,9-16,20H,8,17-18H2,1-3H3,(H,28,31). The van der Waals surface area contributed by atoms with E-state index in [1.807, 2.05) is 56.3 Å². The van der Waals surface area contributed by atoms with E-state index in [0.717, 1.165) is 41.1 Å². The van der Waals surface area contributed by atoms with Gasteiger partial charge in [0.2, 0.25) is 0 Å². The summed E-state index contributed by atoms with van der Waals surface area (Å²) in [6.07, 6.45) is 0.820. The van der Waals surface area contributed by atoms with E-state index in [9.17, 15) is 4.79 Å². The first-order valence-electron chi connectivity index (χ1n) is 11.2. The van der Waals surface area contributed by atoms with E-state index in [-0.39, 0.29) is 11.9 Å². The second kappa shape index (κ2) is 10.2. The van der Waals surface area contributed by atoms with Gasteiger partial charge in [0.25, 0.3) is 5.91 Å². The summed E-state index contributed by atoms with van der Waals surface area (Å²) < 4.78 is 13.3. The molecule has 0 aliphatic heterocycles. The van der Waals surface area contributed by atoms with Crippen molar-refractivity contribution in [1.29, 1.82) is 0 Å². The van der Waals surface area contributed by atoms with Crippen molar-refractivity contribution in [2.75, 3.05) is 13.7 Å². The molecule has 1 atom stereocenters. The van der Waals surface area contributed by atoms with Gasteiger partial charge >= 0.3 is 0 Å². The lowest BCUT2D eigenvalue weighted by molar-refractivity contribution is 0.0937. The summed E-state index contributed by atoms with van der Waals surface area (Å²) in [5.74, 6) is 2.31. The van der Waals surface area contributed by atoms with Crippen LogP contribution in [0.25, 0.3) is 11.0 Å². The second-order valence-electron chi connectivity index (χ2n) is 8.00. The van der Waals surface area contributed by atoms with E-state index in [2.05, 4.69) is 16.0 Å². The number of hydrogen-bond donors (Lipinski definition) is 1. The Morgan fingerprint density at radius 3 is 2.52 bits per heavy atom. The minimum Gasteiger partial charge on any atom is -0.497 e. The van der Waals surface area contributed by atoms with Crippen molar-refractivity contribution in [1.82, 2.24) is 14.9 Å². The van der Waals surface area contributed by atoms with E-state index in [1.165, 1.54) is 0 Å². The molecule has 1 aromatic heterocycles. The van der Waals surface area contributed by atoms with Crippen molar-refractivity contribution in [3.05, 3.63) is 89.7 Å². The average molecular weight is 444 g/mol. The Morgan fingerprint density at radius 1 is 1.03 bits per heavy atom. The highest BCUT2D eigenvalue weighted by Gasteiger charge is 2.19. The maximum atomic E-state index is 12.8. The van der Waals surface area contributed by atoms with Crippen LogP contribution < -0.4 is 14.8 Å². The van der Waals surface area contributed by atoms with Gasteiger partial charge in [-0.3, -0.25) is 4.79 Å². The van der Waals surface area contributed by atoms with E-state index in [4.69, 9.17) is 14.5 Å². The SMILES string of the molecule is COc1ccc(C(=O)NC(C)c2nc3ccccc3n2CCCOc2ccccc2C)cc1. The van der Waals surface area contributed by atoms with Gasteiger partial charge in [0, 0.05) is 12.1 Å². The second-order valence-corrected chi connectivity index (χ2v) is 8.00. The molecule has 0 radical (unpaired) electrons. The average Bonchev–Trinajstić information content (AvgIpc) is 3.21. The number of nitrogens with one attached hydrogen (secondary N) is 1. The van der Waals surface area contributed by atoms with Crippen molar-refractivity contribution in [2.24, 2.45) is 0 Å². The number of methoxy groups -OCH3 is 1. The van der Waals surface area contributed by atoms with Crippen molar-refractivity contribution in [2.45, 2.75) is 32.9 Å². The first-order valence-corrected chi connectivity index (χ1v) is 11.2. The van der Waals surface area contributed by atoms with E-state index >= 15 is 0 Å². The number of carbonyl (C=O) groups excluding carboxylic acids is 1. The fourth-order valence-corrected chi connectivity index (χ4v) is 3.87. The van der Waals surface area contributed by atoms with Crippen LogP contribution in [0.5, 0.6) is 11.5 Å². The van der Waals surface area contributed by atoms with Crippen LogP contribution in [0.1, 0.15) is 41.1 Å². The number of para-hydroxylation sites is 3. The normalized spacial score (nSPS) is 11.8. The van der Waals surface area contributed by atoms with Crippen LogP contribution >= 0.6 is 0 Å². The highest BCUT2D eigenvalue weighted by atomic mass is 16.5. The van der Waals surface area contributed by atoms with Gasteiger partial charge < -0.3 is 19.4 Å². The lowest BCUT2D eigenvalue weighted by atomic mass is 10.2. The summed E-state index contributed by atoms with van der Waals surface area (Å²) in [5, 5.41) is 3.08. The molecule has 4 aromatic rings. The van der Waals surface area contributed by atoms with Crippen molar-refractivity contribution < 1.29 is 14.3 Å². The fraction of sp³-hybridized carbons (Fsp3) is 0.259. The Kier molecular flexibility index (Phi) is 6.93. The summed E-state index contributed by atoms with van der Waals surface area (Å²) in [6, 6.07) is 22.9. The molecule has 0 saturated heterocycles. The Bertz CT molecular complexity index is 1230. The number of aromatic nitrogens is 2. The molecule has 0 bridgehead atoms. The van der Waals surface area contributed by atoms with Gasteiger partial charge in [-0.2, -0.15) is 0 Å². The molecule has 0 saturated carbocycles. The number of rotatable bonds is 9. The zero-order valence-corrected chi connectivity index (χ0v) is 19.2. The molecule has 6 nitrogen and oxygen atoms in total. The number of fused-ring (bicyclic) bond motifs is 1. The first kappa shape index (κ1) is 22.4. The third-order valence-corrected chi connectivity index (χ3v) is 5.65. The third kappa shape index (κ3) is 5.17. The Hall–Kier alpha value is -3.80. The predicted octanol–water partition coefficient (Wildman–Crippen LogP) is 5.31. The first-order chi connectivity index (χ1) is 16.1. The summed E-state index contributed by atoms with van der Waals surface area (Å²) >= 11 is 0. The van der Waals surface area contributed by atoms with Gasteiger partial charge in [-0.1, -0.05) is 30.3 Å². The molecule has 4 rings (SSSR count). The molecule has 6 heteroatoms. The smallest absolute Gasteiger partial charge is 0.251 e. The lowest BCUT2D eigenvalue weighted by Crippen LogP contribution is -2.28. The van der Waals surface area contributed by atoms with Crippen LogP contribution in [0.15, 0.2) is 72.8 Å². The Balaban J connectivity index is 1.47. The number of aryl methyl sites for hydroxylation is 2. The van der Waals surface area contributed by atoms with Crippen molar-refractivity contribution in [3.63, 3.8) is 0 Å². The minimum atomic E-state index is -0.260. The fourth-order valence-electron chi connectivity index (χ4n) is 3.87. The van der Waals surface area contributed by atoms with Gasteiger partial charge in [0.15, 0.2) is 0 Å². The molecule has 1 heterocycles. The topological polar surface area (TPSA) is 65.4 Å². The highest BCUT2D eigenvalue weighted by Crippen LogP contribution is 2.22. The lowest BCUT2D eigenvalue weighted by Gasteiger charge is -2.17. The third-order valence-electron chi connectivity index (χ3n) is 5.65. The van der Waals surface area contributed by atoms with E-state index in [1.54, 1.807) is 31.4 Å². The number of hydrogen-bond acceptors (Lipinski definition) is 4. The molecule has 33 heavy (non-hydrogen) atoms. The number of nitrogens with zero attached hydrogens (tertiary/aromatic N) is 2. The Morgan fingerprint density at radius 2 is 1.76 bits per heavy atom. The summed E-state index contributed by atoms with van der Waals surface area (Å²) in [4.78, 5) is 17.6. The molecule has 1 amide bonds. The summed E-state index contributed by atoms with van der Waals surface area (Å²) in [5.41, 5.74) is 3.67. The molecule has 0 fully saturated rings. The molecule has 3 aromatic carbocycles. The maximum absolute atomic E-state index is 12.8. The van der Waals surface area contributed by atoms with Crippen molar-refractivity contribution in [3.8, 4) is 11.5 Å². The quantitative estimate of drug-likeness (QED) is 0.356. The number of imidazole rings is 1. The number of amides is 1. The van der Waals surface area contributed by atoms with Crippen LogP contribution in [0.3, 0.4) is 0 Å². The zero-order chi connectivity index (χ0) is 23.2. The molecule has 170 valence electrons. The number of benzene rings is 3. The van der Waals surface area contributed by atoms with Crippen LogP contribution in [0.4, 0.5) is 0 Å². The number of ether oxygens (including phenoxy) is 2. The molecule has 0 aliphatic rings. The van der Waals surface area contributed by atoms with Gasteiger partial charge in [-0.25, -0.2) is 4.98 Å². The molecule has 0 aliphatic carbocycles. The largest absolute Gasteiger partial charge is 0.497 e. The maximum Gasteiger partial charge on any atom is 0.251 e. The van der Waals surface area contributed by atoms with Crippen LogP contribution in [-0.2, 0) is 6.54 Å². The molecule has 0 spiro atoms. The van der Waals surface area contributed by atoms with Gasteiger partial charge in [-0.15, -0.1) is 0 Å². The Labute approximate surface area is 194 Å². The molecule has 1 unspecified atom stereocenters. The van der Waals surface area contributed by atoms with Crippen LogP contribution in [0.2, 0.25) is 0 Å². The van der Waals surface area contributed by atoms with E-state index < -0.39 is 0 Å². The summed E-state index contributed by atoms with van der Waals surface area (Å²) in [7, 11) is 1.60. The van der Waals surface area contributed by atoms with Crippen LogP contribution in [0, 0.1) is 6.92 Å². The monoisotopic (exact) mass is 443 g/mol. The molecular formula is C27H29N3O3. The zero-order valence-electron chi connectivity index (χ0n) is 19.2. The molecule has 1 N–H and O–H groups in total. The number of carbonyl (C=O) groups is 1. The van der Waals surface area contributed by atoms with Crippen LogP contribution in [-0.4, -0.2) is 29.2 Å². The van der Waals surface area contributed by atoms with Gasteiger partial charge in [0.1, 0.15) is 17.3 Å². The van der Waals surface area contributed by atoms with E-state index in [0.29, 0.717) is 17.9 Å². The van der Waals surface area contributed by atoms with Gasteiger partial charge in [-0.05, 0) is 68.3 Å². The molecular weight excluding hydrogens is 414 g/mol. The highest BCUT2D eigenvalue weighted by molar-refractivity contribution is 5.94. The summed E-state index contributed by atoms with van der Waals surface area (Å²) in [6.45, 7) is 5.35. The van der Waals surface area contributed by atoms with Gasteiger partial charge in [0.05, 0.1) is 30.8 Å². The van der Waals surface area contributed by atoms with Crippen molar-refractivity contribution >= 4 is 16.9 Å².